The number of nitrogens with zero attached hydrogens (tertiary/aromatic N) is 3. The molecule has 2 heterocycles. The van der Waals surface area contributed by atoms with E-state index in [1.165, 1.54) is 18.2 Å². The van der Waals surface area contributed by atoms with Crippen LogP contribution in [0.4, 0.5) is 11.5 Å². The van der Waals surface area contributed by atoms with Gasteiger partial charge in [-0.25, -0.2) is 14.7 Å². The summed E-state index contributed by atoms with van der Waals surface area (Å²) >= 11 is 0. The average molecular weight is 524 g/mol. The van der Waals surface area contributed by atoms with Gasteiger partial charge >= 0.3 is 0 Å². The number of hydrogen-bond donors (Lipinski definition) is 2. The van der Waals surface area contributed by atoms with E-state index in [-0.39, 0.29) is 22.5 Å². The predicted octanol–water partition coefficient (Wildman–Crippen LogP) is 4.26. The van der Waals surface area contributed by atoms with Crippen LogP contribution in [-0.2, 0) is 10.0 Å². The minimum atomic E-state index is -4.21. The van der Waals surface area contributed by atoms with Gasteiger partial charge in [0.1, 0.15) is 5.82 Å². The Bertz CT molecular complexity index is 1360. The summed E-state index contributed by atoms with van der Waals surface area (Å²) in [4.78, 5) is 23.8. The molecule has 2 aromatic heterocycles. The number of aromatic nitrogens is 2. The number of nitrogens with one attached hydrogen (secondary N) is 1. The number of sulfonamides is 1. The van der Waals surface area contributed by atoms with Crippen molar-refractivity contribution < 1.29 is 17.9 Å². The Balaban J connectivity index is 1.69. The third-order valence-corrected chi connectivity index (χ3v) is 7.16. The molecule has 10 heteroatoms. The molecule has 196 valence electrons. The van der Waals surface area contributed by atoms with Crippen LogP contribution in [0.5, 0.6) is 5.88 Å². The Morgan fingerprint density at radius 1 is 1.16 bits per heavy atom. The lowest BCUT2D eigenvalue weighted by molar-refractivity contribution is 0.0981. The van der Waals surface area contributed by atoms with Crippen molar-refractivity contribution in [1.82, 2.24) is 14.7 Å². The zero-order chi connectivity index (χ0) is 26.6. The highest BCUT2D eigenvalue weighted by atomic mass is 32.2. The molecule has 3 N–H and O–H groups in total. The van der Waals surface area contributed by atoms with Gasteiger partial charge in [-0.3, -0.25) is 4.79 Å². The Kier molecular flexibility index (Phi) is 7.97. The van der Waals surface area contributed by atoms with Crippen molar-refractivity contribution in [3.8, 4) is 17.0 Å². The number of benzene rings is 1. The van der Waals surface area contributed by atoms with Gasteiger partial charge in [0, 0.05) is 30.9 Å². The number of nitrogen functional groups attached to an aromatic ring is 1. The third kappa shape index (κ3) is 6.76. The molecule has 0 spiro atoms. The van der Waals surface area contributed by atoms with Gasteiger partial charge in [-0.05, 0) is 74.9 Å². The van der Waals surface area contributed by atoms with E-state index in [0.29, 0.717) is 17.5 Å². The first-order chi connectivity index (χ1) is 17.7. The van der Waals surface area contributed by atoms with E-state index < -0.39 is 15.9 Å². The maximum Gasteiger partial charge on any atom is 0.281 e. The van der Waals surface area contributed by atoms with Gasteiger partial charge in [-0.15, -0.1) is 0 Å². The Morgan fingerprint density at radius 3 is 2.54 bits per heavy atom. The highest BCUT2D eigenvalue weighted by Gasteiger charge is 2.28. The van der Waals surface area contributed by atoms with Crippen molar-refractivity contribution in [2.75, 3.05) is 23.7 Å². The molecule has 1 aromatic carbocycles. The molecule has 1 aliphatic rings. The van der Waals surface area contributed by atoms with Crippen molar-refractivity contribution in [1.29, 1.82) is 0 Å². The Hall–Kier alpha value is -3.66. The number of rotatable bonds is 11. The highest BCUT2D eigenvalue weighted by molar-refractivity contribution is 7.90. The number of amides is 1. The molecule has 0 unspecified atom stereocenters. The van der Waals surface area contributed by atoms with Gasteiger partial charge in [0.05, 0.1) is 17.4 Å². The first kappa shape index (κ1) is 26.4. The first-order valence-corrected chi connectivity index (χ1v) is 14.0. The van der Waals surface area contributed by atoms with Crippen LogP contribution >= 0.6 is 0 Å². The summed E-state index contributed by atoms with van der Waals surface area (Å²) in [5.41, 5.74) is 8.33. The van der Waals surface area contributed by atoms with Crippen LogP contribution in [0.25, 0.3) is 11.1 Å². The second-order valence-corrected chi connectivity index (χ2v) is 11.1. The lowest BCUT2D eigenvalue weighted by Gasteiger charge is -2.27. The van der Waals surface area contributed by atoms with Crippen LogP contribution in [0.15, 0.2) is 59.8 Å². The van der Waals surface area contributed by atoms with E-state index in [0.717, 1.165) is 43.5 Å². The minimum absolute atomic E-state index is 0.0200. The molecule has 0 aliphatic heterocycles. The quantitative estimate of drug-likeness (QED) is 0.382. The van der Waals surface area contributed by atoms with Gasteiger partial charge in [0.15, 0.2) is 5.03 Å². The van der Waals surface area contributed by atoms with Gasteiger partial charge in [-0.1, -0.05) is 19.1 Å². The van der Waals surface area contributed by atoms with Gasteiger partial charge in [-0.2, -0.15) is 8.42 Å². The molecule has 0 saturated heterocycles. The van der Waals surface area contributed by atoms with Crippen molar-refractivity contribution in [3.63, 3.8) is 0 Å². The zero-order valence-electron chi connectivity index (χ0n) is 21.3. The third-order valence-electron chi connectivity index (χ3n) is 5.93. The molecular formula is C27H33N5O4S. The number of hydrogen-bond acceptors (Lipinski definition) is 8. The molecule has 1 amide bonds. The summed E-state index contributed by atoms with van der Waals surface area (Å²) < 4.78 is 33.6. The molecule has 0 radical (unpaired) electrons. The summed E-state index contributed by atoms with van der Waals surface area (Å²) in [5, 5.41) is -0.308. The maximum atomic E-state index is 13.3. The first-order valence-electron chi connectivity index (χ1n) is 12.5. The van der Waals surface area contributed by atoms with Crippen LogP contribution in [0, 0.1) is 5.92 Å². The average Bonchev–Trinajstić information content (AvgIpc) is 3.67. The molecular weight excluding hydrogens is 490 g/mol. The number of nitrogens with two attached hydrogens (primary N) is 1. The molecule has 0 bridgehead atoms. The topological polar surface area (TPSA) is 128 Å². The molecule has 1 fully saturated rings. The fraction of sp³-hybridized carbons (Fsp3) is 0.370. The smallest absolute Gasteiger partial charge is 0.281 e. The van der Waals surface area contributed by atoms with E-state index in [1.807, 2.05) is 32.0 Å². The fourth-order valence-electron chi connectivity index (χ4n) is 4.03. The van der Waals surface area contributed by atoms with Crippen molar-refractivity contribution >= 4 is 27.4 Å². The second-order valence-electron chi connectivity index (χ2n) is 9.51. The van der Waals surface area contributed by atoms with Gasteiger partial charge in [0.2, 0.25) is 5.88 Å². The molecule has 37 heavy (non-hydrogen) atoms. The van der Waals surface area contributed by atoms with E-state index >= 15 is 0 Å². The van der Waals surface area contributed by atoms with Crippen molar-refractivity contribution in [2.45, 2.75) is 51.2 Å². The Labute approximate surface area is 218 Å². The summed E-state index contributed by atoms with van der Waals surface area (Å²) in [6, 6.07) is 13.4. The molecule has 9 nitrogen and oxygen atoms in total. The van der Waals surface area contributed by atoms with E-state index in [1.54, 1.807) is 18.3 Å². The molecule has 0 atom stereocenters. The van der Waals surface area contributed by atoms with Crippen LogP contribution < -0.4 is 20.1 Å². The molecule has 1 saturated carbocycles. The lowest BCUT2D eigenvalue weighted by Crippen LogP contribution is -2.34. The van der Waals surface area contributed by atoms with E-state index in [9.17, 15) is 13.2 Å². The highest BCUT2D eigenvalue weighted by Crippen LogP contribution is 2.35. The fourth-order valence-corrected chi connectivity index (χ4v) is 4.97. The van der Waals surface area contributed by atoms with Gasteiger partial charge < -0.3 is 15.4 Å². The second kappa shape index (κ2) is 11.2. The molecule has 4 rings (SSSR count). The molecule has 3 aromatic rings. The standard InChI is InChI=1S/C27H33N5O4S/c1-4-14-32(17-19-8-9-19)23-15-20(21-11-13-25(29-16-21)36-18(2)3)10-12-22(23)27(33)31-37(34,35)26-7-5-6-24(28)30-26/h5-7,10-13,15-16,18-19H,4,8-9,14,17H2,1-3H3,(H2,28,30)(H,31,33). The minimum Gasteiger partial charge on any atom is -0.475 e. The normalized spacial score (nSPS) is 13.4. The summed E-state index contributed by atoms with van der Waals surface area (Å²) in [7, 11) is -4.21. The zero-order valence-corrected chi connectivity index (χ0v) is 22.2. The number of pyridine rings is 2. The van der Waals surface area contributed by atoms with E-state index in [2.05, 4.69) is 26.5 Å². The van der Waals surface area contributed by atoms with Crippen LogP contribution in [0.3, 0.4) is 0 Å². The lowest BCUT2D eigenvalue weighted by atomic mass is 10.0. The van der Waals surface area contributed by atoms with Crippen LogP contribution in [0.1, 0.15) is 50.4 Å². The molecule has 1 aliphatic carbocycles. The van der Waals surface area contributed by atoms with Crippen LogP contribution in [0.2, 0.25) is 0 Å². The number of carbonyl (C=O) groups is 1. The van der Waals surface area contributed by atoms with Gasteiger partial charge in [0.25, 0.3) is 15.9 Å². The summed E-state index contributed by atoms with van der Waals surface area (Å²) in [5.74, 6) is 0.441. The number of ether oxygens (including phenoxy) is 1. The summed E-state index contributed by atoms with van der Waals surface area (Å²) in [6.07, 6.45) is 4.94. The number of carbonyl (C=O) groups excluding carboxylic acids is 1. The largest absolute Gasteiger partial charge is 0.475 e. The van der Waals surface area contributed by atoms with Crippen LogP contribution in [-0.4, -0.2) is 43.5 Å². The summed E-state index contributed by atoms with van der Waals surface area (Å²) in [6.45, 7) is 7.51. The number of anilines is 2. The van der Waals surface area contributed by atoms with Crippen molar-refractivity contribution in [2.24, 2.45) is 5.92 Å². The van der Waals surface area contributed by atoms with Crippen molar-refractivity contribution in [3.05, 3.63) is 60.3 Å². The Morgan fingerprint density at radius 2 is 1.92 bits per heavy atom. The van der Waals surface area contributed by atoms with E-state index in [4.69, 9.17) is 10.5 Å². The SMILES string of the molecule is CCCN(CC1CC1)c1cc(-c2ccc(OC(C)C)nc2)ccc1C(=O)NS(=O)(=O)c1cccc(N)n1. The predicted molar refractivity (Wildman–Crippen MR) is 144 cm³/mol. The monoisotopic (exact) mass is 523 g/mol. The maximum absolute atomic E-state index is 13.3.